The van der Waals surface area contributed by atoms with Gasteiger partial charge in [-0.1, -0.05) is 19.9 Å². The van der Waals surface area contributed by atoms with Crippen molar-refractivity contribution in [2.45, 2.75) is 20.8 Å². The molecule has 2 N–H and O–H groups in total. The first kappa shape index (κ1) is 11.8. The molecule has 0 unspecified atom stereocenters. The number of nitrogens with two attached hydrogens (primary N) is 1. The summed E-state index contributed by atoms with van der Waals surface area (Å²) in [6.07, 6.45) is 1.76. The van der Waals surface area contributed by atoms with Crippen LogP contribution in [-0.2, 0) is 0 Å². The molecule has 0 heterocycles. The average Bonchev–Trinajstić information content (AvgIpc) is 2.18. The van der Waals surface area contributed by atoms with Gasteiger partial charge in [-0.15, -0.1) is 0 Å². The standard InChI is InChI=1S/C12H12N4/c1-8-4-11(2,3)12(6-14,7-15)10(16)9(8)5-13/h4H,16H2,1-3H3. The van der Waals surface area contributed by atoms with E-state index in [1.807, 2.05) is 18.2 Å². The van der Waals surface area contributed by atoms with E-state index in [-0.39, 0.29) is 11.3 Å². The Morgan fingerprint density at radius 2 is 1.69 bits per heavy atom. The minimum atomic E-state index is -1.46. The second-order valence-electron chi connectivity index (χ2n) is 4.42. The molecule has 1 aliphatic carbocycles. The summed E-state index contributed by atoms with van der Waals surface area (Å²) in [5.41, 5.74) is 4.68. The normalized spacial score (nSPS) is 21.4. The summed E-state index contributed by atoms with van der Waals surface area (Å²) in [7, 11) is 0. The summed E-state index contributed by atoms with van der Waals surface area (Å²) in [6, 6.07) is 5.85. The third kappa shape index (κ3) is 1.19. The van der Waals surface area contributed by atoms with Gasteiger partial charge in [-0.2, -0.15) is 15.8 Å². The van der Waals surface area contributed by atoms with Crippen LogP contribution in [0, 0.1) is 44.8 Å². The van der Waals surface area contributed by atoms with Crippen LogP contribution in [0.2, 0.25) is 0 Å². The predicted octanol–water partition coefficient (Wildman–Crippen LogP) is 1.74. The molecule has 0 amide bonds. The van der Waals surface area contributed by atoms with Crippen molar-refractivity contribution < 1.29 is 0 Å². The van der Waals surface area contributed by atoms with Crippen LogP contribution in [0.5, 0.6) is 0 Å². The third-order valence-corrected chi connectivity index (χ3v) is 3.06. The number of hydrogen-bond acceptors (Lipinski definition) is 4. The quantitative estimate of drug-likeness (QED) is 0.661. The van der Waals surface area contributed by atoms with Crippen LogP contribution in [0.15, 0.2) is 22.9 Å². The highest BCUT2D eigenvalue weighted by atomic mass is 14.7. The van der Waals surface area contributed by atoms with Crippen molar-refractivity contribution in [1.82, 2.24) is 0 Å². The van der Waals surface area contributed by atoms with Crippen LogP contribution in [-0.4, -0.2) is 0 Å². The Hall–Kier alpha value is -2.25. The first-order valence-corrected chi connectivity index (χ1v) is 4.79. The summed E-state index contributed by atoms with van der Waals surface area (Å²) in [5.74, 6) is 0. The maximum Gasteiger partial charge on any atom is 0.192 e. The predicted molar refractivity (Wildman–Crippen MR) is 58.0 cm³/mol. The lowest BCUT2D eigenvalue weighted by atomic mass is 9.61. The molecule has 4 nitrogen and oxygen atoms in total. The Bertz CT molecular complexity index is 501. The van der Waals surface area contributed by atoms with Gasteiger partial charge in [-0.25, -0.2) is 0 Å². The highest BCUT2D eigenvalue weighted by Gasteiger charge is 2.51. The Kier molecular flexibility index (Phi) is 2.51. The number of nitrogens with zero attached hydrogens (tertiary/aromatic N) is 3. The molecule has 0 atom stereocenters. The number of nitriles is 3. The molecule has 1 rings (SSSR count). The summed E-state index contributed by atoms with van der Waals surface area (Å²) >= 11 is 0. The first-order valence-electron chi connectivity index (χ1n) is 4.79. The Morgan fingerprint density at radius 3 is 2.06 bits per heavy atom. The molecule has 0 bridgehead atoms. The maximum atomic E-state index is 9.22. The first-order chi connectivity index (χ1) is 7.36. The van der Waals surface area contributed by atoms with E-state index in [1.165, 1.54) is 0 Å². The minimum absolute atomic E-state index is 0.0602. The van der Waals surface area contributed by atoms with Crippen molar-refractivity contribution in [2.24, 2.45) is 16.6 Å². The molecule has 1 aliphatic rings. The molecular weight excluding hydrogens is 200 g/mol. The molecule has 0 aliphatic heterocycles. The van der Waals surface area contributed by atoms with E-state index < -0.39 is 10.8 Å². The van der Waals surface area contributed by atoms with Gasteiger partial charge in [-0.05, 0) is 12.5 Å². The van der Waals surface area contributed by atoms with Crippen molar-refractivity contribution in [3.8, 4) is 18.2 Å². The highest BCUT2D eigenvalue weighted by Crippen LogP contribution is 2.49. The molecule has 0 radical (unpaired) electrons. The van der Waals surface area contributed by atoms with E-state index in [2.05, 4.69) is 0 Å². The number of allylic oxidation sites excluding steroid dienone is 4. The molecule has 0 aromatic carbocycles. The lowest BCUT2D eigenvalue weighted by molar-refractivity contribution is 0.300. The summed E-state index contributed by atoms with van der Waals surface area (Å²) in [4.78, 5) is 0. The van der Waals surface area contributed by atoms with E-state index >= 15 is 0 Å². The van der Waals surface area contributed by atoms with Crippen LogP contribution in [0.3, 0.4) is 0 Å². The zero-order chi connectivity index (χ0) is 12.6. The van der Waals surface area contributed by atoms with Crippen LogP contribution in [0.25, 0.3) is 0 Å². The molecule has 0 saturated heterocycles. The van der Waals surface area contributed by atoms with Crippen molar-refractivity contribution in [1.29, 1.82) is 15.8 Å². The second-order valence-corrected chi connectivity index (χ2v) is 4.42. The lowest BCUT2D eigenvalue weighted by Gasteiger charge is -2.38. The van der Waals surface area contributed by atoms with E-state index in [0.717, 1.165) is 0 Å². The molecule has 16 heavy (non-hydrogen) atoms. The minimum Gasteiger partial charge on any atom is -0.399 e. The zero-order valence-corrected chi connectivity index (χ0v) is 9.50. The Balaban J connectivity index is 3.67. The van der Waals surface area contributed by atoms with Gasteiger partial charge in [0.05, 0.1) is 23.4 Å². The number of rotatable bonds is 0. The average molecular weight is 212 g/mol. The van der Waals surface area contributed by atoms with E-state index in [4.69, 9.17) is 11.0 Å². The number of hydrogen-bond donors (Lipinski definition) is 1. The fourth-order valence-electron chi connectivity index (χ4n) is 2.05. The third-order valence-electron chi connectivity index (χ3n) is 3.06. The van der Waals surface area contributed by atoms with Crippen molar-refractivity contribution in [3.05, 3.63) is 22.9 Å². The van der Waals surface area contributed by atoms with Crippen molar-refractivity contribution in [3.63, 3.8) is 0 Å². The fraction of sp³-hybridized carbons (Fsp3) is 0.417. The summed E-state index contributed by atoms with van der Waals surface area (Å²) in [5, 5.41) is 27.4. The fourth-order valence-corrected chi connectivity index (χ4v) is 2.05. The zero-order valence-electron chi connectivity index (χ0n) is 9.50. The summed E-state index contributed by atoms with van der Waals surface area (Å²) in [6.45, 7) is 5.29. The smallest absolute Gasteiger partial charge is 0.192 e. The van der Waals surface area contributed by atoms with Crippen LogP contribution >= 0.6 is 0 Å². The maximum absolute atomic E-state index is 9.22. The highest BCUT2D eigenvalue weighted by molar-refractivity contribution is 5.55. The van der Waals surface area contributed by atoms with Gasteiger partial charge in [0.2, 0.25) is 0 Å². The van der Waals surface area contributed by atoms with Gasteiger partial charge in [0.25, 0.3) is 0 Å². The second kappa shape index (κ2) is 3.40. The molecule has 0 saturated carbocycles. The largest absolute Gasteiger partial charge is 0.399 e. The van der Waals surface area contributed by atoms with Gasteiger partial charge in [0.1, 0.15) is 6.07 Å². The SMILES string of the molecule is CC1=CC(C)(C)C(C#N)(C#N)C(N)=C1C#N. The molecule has 80 valence electrons. The molecule has 0 aromatic heterocycles. The topological polar surface area (TPSA) is 97.4 Å². The van der Waals surface area contributed by atoms with Crippen LogP contribution in [0.4, 0.5) is 0 Å². The van der Waals surface area contributed by atoms with Gasteiger partial charge in [0.15, 0.2) is 5.41 Å². The lowest BCUT2D eigenvalue weighted by Crippen LogP contribution is -2.42. The van der Waals surface area contributed by atoms with Crippen molar-refractivity contribution in [2.75, 3.05) is 0 Å². The van der Waals surface area contributed by atoms with Crippen LogP contribution in [0.1, 0.15) is 20.8 Å². The van der Waals surface area contributed by atoms with Gasteiger partial charge in [-0.3, -0.25) is 0 Å². The Labute approximate surface area is 94.9 Å². The molecule has 0 aromatic rings. The van der Waals surface area contributed by atoms with E-state index in [0.29, 0.717) is 5.57 Å². The van der Waals surface area contributed by atoms with Gasteiger partial charge < -0.3 is 5.73 Å². The molecule has 4 heteroatoms. The molecule has 0 spiro atoms. The van der Waals surface area contributed by atoms with E-state index in [9.17, 15) is 10.5 Å². The molecular formula is C12H12N4. The Morgan fingerprint density at radius 1 is 1.19 bits per heavy atom. The van der Waals surface area contributed by atoms with Gasteiger partial charge in [0, 0.05) is 5.41 Å². The van der Waals surface area contributed by atoms with Gasteiger partial charge >= 0.3 is 0 Å². The van der Waals surface area contributed by atoms with Crippen molar-refractivity contribution >= 4 is 0 Å². The van der Waals surface area contributed by atoms with E-state index in [1.54, 1.807) is 26.8 Å². The molecule has 0 fully saturated rings. The van der Waals surface area contributed by atoms with Crippen LogP contribution < -0.4 is 5.73 Å². The summed E-state index contributed by atoms with van der Waals surface area (Å²) < 4.78 is 0. The monoisotopic (exact) mass is 212 g/mol.